The van der Waals surface area contributed by atoms with Crippen LogP contribution in [-0.2, 0) is 13.1 Å². The highest BCUT2D eigenvalue weighted by atomic mass is 15.3. The van der Waals surface area contributed by atoms with Crippen LogP contribution in [0.3, 0.4) is 0 Å². The van der Waals surface area contributed by atoms with Crippen LogP contribution >= 0.6 is 0 Å². The largest absolute Gasteiger partial charge is 0.325 e. The molecule has 98 valence electrons. The summed E-state index contributed by atoms with van der Waals surface area (Å²) in [5.41, 5.74) is 7.80. The molecule has 1 unspecified atom stereocenters. The molecule has 2 heterocycles. The van der Waals surface area contributed by atoms with Gasteiger partial charge in [0.25, 0.3) is 0 Å². The summed E-state index contributed by atoms with van der Waals surface area (Å²) in [6.45, 7) is 7.57. The smallest absolute Gasteiger partial charge is 0.106 e. The van der Waals surface area contributed by atoms with E-state index in [2.05, 4.69) is 34.6 Å². The molecule has 0 aliphatic carbocycles. The maximum Gasteiger partial charge on any atom is 0.106 e. The topological polar surface area (TPSA) is 61.7 Å². The third kappa shape index (κ3) is 2.46. The first-order valence-corrected chi connectivity index (χ1v) is 6.40. The summed E-state index contributed by atoms with van der Waals surface area (Å²) < 4.78 is 4.13. The van der Waals surface area contributed by atoms with E-state index in [-0.39, 0.29) is 0 Å². The predicted molar refractivity (Wildman–Crippen MR) is 71.2 cm³/mol. The molecule has 2 N–H and O–H groups in total. The van der Waals surface area contributed by atoms with E-state index in [1.54, 1.807) is 0 Å². The molecule has 5 heteroatoms. The Labute approximate surface area is 108 Å². The molecule has 0 aliphatic heterocycles. The summed E-state index contributed by atoms with van der Waals surface area (Å²) in [6.07, 6.45) is 4.96. The minimum atomic E-state index is 0.441. The van der Waals surface area contributed by atoms with Crippen molar-refractivity contribution in [3.8, 4) is 0 Å². The second-order valence-electron chi connectivity index (χ2n) is 4.63. The van der Waals surface area contributed by atoms with Crippen LogP contribution in [0.1, 0.15) is 43.5 Å². The molecular weight excluding hydrogens is 226 g/mol. The van der Waals surface area contributed by atoms with Crippen LogP contribution in [0.4, 0.5) is 0 Å². The van der Waals surface area contributed by atoms with Crippen molar-refractivity contribution in [2.75, 3.05) is 0 Å². The van der Waals surface area contributed by atoms with Gasteiger partial charge in [0.1, 0.15) is 5.82 Å². The van der Waals surface area contributed by atoms with Crippen LogP contribution < -0.4 is 5.73 Å². The van der Waals surface area contributed by atoms with E-state index in [9.17, 15) is 0 Å². The van der Waals surface area contributed by atoms with E-state index in [4.69, 9.17) is 5.73 Å². The Balaban J connectivity index is 2.18. The van der Waals surface area contributed by atoms with Crippen molar-refractivity contribution >= 4 is 0 Å². The molecule has 1 atom stereocenters. The molecular formula is C13H21N5. The molecule has 0 aliphatic rings. The van der Waals surface area contributed by atoms with Crippen molar-refractivity contribution in [1.29, 1.82) is 0 Å². The Kier molecular flexibility index (Phi) is 3.81. The van der Waals surface area contributed by atoms with Crippen molar-refractivity contribution in [2.45, 2.75) is 46.3 Å². The van der Waals surface area contributed by atoms with Gasteiger partial charge in [0.05, 0.1) is 17.9 Å². The molecule has 0 radical (unpaired) electrons. The highest BCUT2D eigenvalue weighted by Gasteiger charge is 2.09. The van der Waals surface area contributed by atoms with E-state index >= 15 is 0 Å². The number of aromatic nitrogens is 4. The zero-order chi connectivity index (χ0) is 13.1. The van der Waals surface area contributed by atoms with Gasteiger partial charge < -0.3 is 10.3 Å². The van der Waals surface area contributed by atoms with Gasteiger partial charge >= 0.3 is 0 Å². The van der Waals surface area contributed by atoms with Crippen molar-refractivity contribution in [2.24, 2.45) is 5.73 Å². The van der Waals surface area contributed by atoms with Gasteiger partial charge in [-0.1, -0.05) is 6.92 Å². The highest BCUT2D eigenvalue weighted by Crippen LogP contribution is 2.12. The van der Waals surface area contributed by atoms with Crippen LogP contribution in [0.15, 0.2) is 18.5 Å². The summed E-state index contributed by atoms with van der Waals surface area (Å²) >= 11 is 0. The molecule has 2 aromatic rings. The number of nitrogens with zero attached hydrogens (tertiary/aromatic N) is 4. The molecule has 0 saturated carbocycles. The van der Waals surface area contributed by atoms with Gasteiger partial charge in [-0.3, -0.25) is 4.68 Å². The fourth-order valence-electron chi connectivity index (χ4n) is 1.95. The van der Waals surface area contributed by atoms with E-state index < -0.39 is 0 Å². The van der Waals surface area contributed by atoms with Crippen molar-refractivity contribution in [3.63, 3.8) is 0 Å². The molecule has 18 heavy (non-hydrogen) atoms. The normalized spacial score (nSPS) is 12.9. The minimum absolute atomic E-state index is 0.441. The first-order valence-electron chi connectivity index (χ1n) is 6.40. The van der Waals surface area contributed by atoms with E-state index in [0.29, 0.717) is 12.6 Å². The van der Waals surface area contributed by atoms with E-state index in [1.165, 1.54) is 0 Å². The highest BCUT2D eigenvalue weighted by molar-refractivity contribution is 5.09. The molecule has 2 rings (SSSR count). The van der Waals surface area contributed by atoms with Gasteiger partial charge in [0.2, 0.25) is 0 Å². The molecule has 0 bridgehead atoms. The predicted octanol–water partition coefficient (Wildman–Crippen LogP) is 1.87. The van der Waals surface area contributed by atoms with Crippen molar-refractivity contribution < 1.29 is 0 Å². The van der Waals surface area contributed by atoms with E-state index in [1.807, 2.05) is 24.0 Å². The summed E-state index contributed by atoms with van der Waals surface area (Å²) in [5, 5.41) is 4.60. The summed E-state index contributed by atoms with van der Waals surface area (Å²) in [7, 11) is 0. The monoisotopic (exact) mass is 247 g/mol. The van der Waals surface area contributed by atoms with Gasteiger partial charge in [-0.15, -0.1) is 0 Å². The number of nitrogens with two attached hydrogens (primary N) is 1. The Morgan fingerprint density at radius 2 is 2.22 bits per heavy atom. The minimum Gasteiger partial charge on any atom is -0.325 e. The lowest BCUT2D eigenvalue weighted by Crippen LogP contribution is -2.11. The molecule has 5 nitrogen and oxygen atoms in total. The Morgan fingerprint density at radius 3 is 2.89 bits per heavy atom. The van der Waals surface area contributed by atoms with Gasteiger partial charge in [-0.05, 0) is 26.3 Å². The van der Waals surface area contributed by atoms with Gasteiger partial charge in [0.15, 0.2) is 0 Å². The molecule has 2 aromatic heterocycles. The van der Waals surface area contributed by atoms with Gasteiger partial charge in [-0.25, -0.2) is 4.98 Å². The number of rotatable bonds is 5. The Morgan fingerprint density at radius 1 is 1.44 bits per heavy atom. The second-order valence-corrected chi connectivity index (χ2v) is 4.63. The first-order chi connectivity index (χ1) is 8.65. The Bertz CT molecular complexity index is 511. The number of hydrogen-bond acceptors (Lipinski definition) is 3. The third-order valence-electron chi connectivity index (χ3n) is 3.37. The summed E-state index contributed by atoms with van der Waals surface area (Å²) in [4.78, 5) is 4.29. The summed E-state index contributed by atoms with van der Waals surface area (Å²) in [6, 6.07) is 2.50. The van der Waals surface area contributed by atoms with Gasteiger partial charge in [-0.2, -0.15) is 5.10 Å². The molecule has 0 spiro atoms. The van der Waals surface area contributed by atoms with Crippen LogP contribution in [-0.4, -0.2) is 19.3 Å². The van der Waals surface area contributed by atoms with Crippen LogP contribution in [0.25, 0.3) is 0 Å². The van der Waals surface area contributed by atoms with Crippen molar-refractivity contribution in [3.05, 3.63) is 35.7 Å². The number of aryl methyl sites for hydroxylation is 1. The van der Waals surface area contributed by atoms with Crippen LogP contribution in [0.5, 0.6) is 0 Å². The lowest BCUT2D eigenvalue weighted by molar-refractivity contribution is 0.471. The zero-order valence-corrected chi connectivity index (χ0v) is 11.3. The number of hydrogen-bond donors (Lipinski definition) is 1. The van der Waals surface area contributed by atoms with Crippen LogP contribution in [0.2, 0.25) is 0 Å². The standard InChI is InChI=1S/C13H21N5/c1-4-10(2)18-6-5-12(16-18)9-17-11(3)15-8-13(17)7-14/h5-6,8,10H,4,7,9,14H2,1-3H3. The average molecular weight is 247 g/mol. The van der Waals surface area contributed by atoms with Gasteiger partial charge in [0, 0.05) is 25.0 Å². The quantitative estimate of drug-likeness (QED) is 0.877. The SMILES string of the molecule is CCC(C)n1ccc(Cn2c(CN)cnc2C)n1. The molecule has 0 aromatic carbocycles. The van der Waals surface area contributed by atoms with Crippen LogP contribution in [0, 0.1) is 6.92 Å². The first kappa shape index (κ1) is 12.8. The van der Waals surface area contributed by atoms with E-state index in [0.717, 1.165) is 30.2 Å². The third-order valence-corrected chi connectivity index (χ3v) is 3.37. The fourth-order valence-corrected chi connectivity index (χ4v) is 1.95. The maximum absolute atomic E-state index is 5.71. The summed E-state index contributed by atoms with van der Waals surface area (Å²) in [5.74, 6) is 0.980. The van der Waals surface area contributed by atoms with Crippen molar-refractivity contribution in [1.82, 2.24) is 19.3 Å². The number of imidazole rings is 1. The lowest BCUT2D eigenvalue weighted by atomic mass is 10.3. The molecule has 0 fully saturated rings. The average Bonchev–Trinajstić information content (AvgIpc) is 2.97. The Hall–Kier alpha value is -1.62. The second kappa shape index (κ2) is 5.35. The fraction of sp³-hybridized carbons (Fsp3) is 0.538. The molecule has 0 saturated heterocycles. The maximum atomic E-state index is 5.71. The lowest BCUT2D eigenvalue weighted by Gasteiger charge is -2.09. The zero-order valence-electron chi connectivity index (χ0n) is 11.3. The molecule has 0 amide bonds.